The molecule has 4 nitrogen and oxygen atoms in total. The van der Waals surface area contributed by atoms with Gasteiger partial charge in [0.05, 0.1) is 18.3 Å². The molecule has 1 fully saturated rings. The number of anilines is 1. The highest BCUT2D eigenvalue weighted by Crippen LogP contribution is 2.44. The van der Waals surface area contributed by atoms with Crippen LogP contribution in [-0.4, -0.2) is 31.3 Å². The quantitative estimate of drug-likeness (QED) is 0.815. The molecule has 2 rings (SSSR count). The van der Waals surface area contributed by atoms with Crippen molar-refractivity contribution in [2.75, 3.05) is 18.5 Å². The van der Waals surface area contributed by atoms with Crippen LogP contribution in [-0.2, 0) is 9.47 Å². The monoisotopic (exact) mass is 291 g/mol. The Bertz CT molecular complexity index is 481. The number of ether oxygens (including phenoxy) is 2. The Balaban J connectivity index is 1.94. The lowest BCUT2D eigenvalue weighted by molar-refractivity contribution is -0.0975. The van der Waals surface area contributed by atoms with Gasteiger partial charge in [-0.2, -0.15) is 0 Å². The van der Waals surface area contributed by atoms with Gasteiger partial charge in [0.25, 0.3) is 0 Å². The third-order valence-electron chi connectivity index (χ3n) is 4.28. The summed E-state index contributed by atoms with van der Waals surface area (Å²) in [7, 11) is 0. The molecule has 1 N–H and O–H groups in total. The maximum absolute atomic E-state index is 11.6. The van der Waals surface area contributed by atoms with Crippen LogP contribution < -0.4 is 5.32 Å². The average Bonchev–Trinajstić information content (AvgIpc) is 2.47. The van der Waals surface area contributed by atoms with Crippen LogP contribution in [0.25, 0.3) is 0 Å². The minimum atomic E-state index is -0.274. The first kappa shape index (κ1) is 15.8. The number of hydrogen-bond donors (Lipinski definition) is 1. The fourth-order valence-corrected chi connectivity index (χ4v) is 2.73. The molecule has 1 aromatic carbocycles. The highest BCUT2D eigenvalue weighted by Gasteiger charge is 2.48. The van der Waals surface area contributed by atoms with Gasteiger partial charge in [-0.25, -0.2) is 4.79 Å². The Hall–Kier alpha value is -1.55. The molecule has 2 atom stereocenters. The lowest BCUT2D eigenvalue weighted by Gasteiger charge is -2.52. The van der Waals surface area contributed by atoms with Gasteiger partial charge >= 0.3 is 5.97 Å². The molecule has 1 aromatic rings. The minimum absolute atomic E-state index is 0.121. The summed E-state index contributed by atoms with van der Waals surface area (Å²) in [6.07, 6.45) is 1.33. The molecule has 1 aliphatic carbocycles. The van der Waals surface area contributed by atoms with Crippen LogP contribution in [0.2, 0.25) is 0 Å². The number of carbonyl (C=O) groups is 1. The molecule has 0 aliphatic heterocycles. The van der Waals surface area contributed by atoms with Crippen LogP contribution in [0, 0.1) is 5.41 Å². The summed E-state index contributed by atoms with van der Waals surface area (Å²) < 4.78 is 10.7. The molecule has 0 radical (unpaired) electrons. The molecular weight excluding hydrogens is 266 g/mol. The summed E-state index contributed by atoms with van der Waals surface area (Å²) in [5.74, 6) is -0.274. The van der Waals surface area contributed by atoms with E-state index in [1.807, 2.05) is 19.1 Å². The van der Waals surface area contributed by atoms with E-state index >= 15 is 0 Å². The second-order valence-electron chi connectivity index (χ2n) is 6.00. The molecule has 116 valence electrons. The van der Waals surface area contributed by atoms with E-state index < -0.39 is 0 Å². The third kappa shape index (κ3) is 3.38. The van der Waals surface area contributed by atoms with Crippen LogP contribution >= 0.6 is 0 Å². The number of nitrogens with one attached hydrogen (secondary N) is 1. The smallest absolute Gasteiger partial charge is 0.338 e. The van der Waals surface area contributed by atoms with Crippen LogP contribution in [0.4, 0.5) is 5.69 Å². The van der Waals surface area contributed by atoms with Crippen molar-refractivity contribution in [3.8, 4) is 0 Å². The molecule has 0 spiro atoms. The van der Waals surface area contributed by atoms with Crippen molar-refractivity contribution in [3.05, 3.63) is 29.8 Å². The molecule has 0 bridgehead atoms. The van der Waals surface area contributed by atoms with Gasteiger partial charge in [0.1, 0.15) is 0 Å². The van der Waals surface area contributed by atoms with Crippen LogP contribution in [0.15, 0.2) is 24.3 Å². The summed E-state index contributed by atoms with van der Waals surface area (Å²) in [5.41, 5.74) is 1.73. The van der Waals surface area contributed by atoms with Crippen molar-refractivity contribution in [1.29, 1.82) is 0 Å². The zero-order chi connectivity index (χ0) is 15.5. The lowest BCUT2D eigenvalue weighted by atomic mass is 9.64. The second kappa shape index (κ2) is 6.48. The van der Waals surface area contributed by atoms with Gasteiger partial charge in [0.15, 0.2) is 0 Å². The Morgan fingerprint density at radius 3 is 2.43 bits per heavy atom. The van der Waals surface area contributed by atoms with E-state index in [9.17, 15) is 4.79 Å². The van der Waals surface area contributed by atoms with Gasteiger partial charge in [-0.3, -0.25) is 0 Å². The van der Waals surface area contributed by atoms with E-state index in [1.165, 1.54) is 0 Å². The number of benzene rings is 1. The van der Waals surface area contributed by atoms with E-state index in [2.05, 4.69) is 19.2 Å². The molecule has 1 saturated carbocycles. The first-order chi connectivity index (χ1) is 9.98. The van der Waals surface area contributed by atoms with E-state index in [0.717, 1.165) is 18.7 Å². The SMILES string of the molecule is CCOC(=O)c1ccc(NC2CC(OCC)C2(C)C)cc1. The van der Waals surface area contributed by atoms with Crippen molar-refractivity contribution in [2.24, 2.45) is 5.41 Å². The number of carbonyl (C=O) groups excluding carboxylic acids is 1. The molecule has 0 aromatic heterocycles. The molecule has 1 aliphatic rings. The Labute approximate surface area is 126 Å². The van der Waals surface area contributed by atoms with Gasteiger partial charge in [-0.15, -0.1) is 0 Å². The molecule has 0 saturated heterocycles. The van der Waals surface area contributed by atoms with Gasteiger partial charge in [0, 0.05) is 23.8 Å². The Morgan fingerprint density at radius 1 is 1.24 bits per heavy atom. The largest absolute Gasteiger partial charge is 0.462 e. The van der Waals surface area contributed by atoms with Crippen molar-refractivity contribution in [1.82, 2.24) is 0 Å². The van der Waals surface area contributed by atoms with Gasteiger partial charge in [-0.1, -0.05) is 13.8 Å². The summed E-state index contributed by atoms with van der Waals surface area (Å²) >= 11 is 0. The Kier molecular flexibility index (Phi) is 4.88. The lowest BCUT2D eigenvalue weighted by Crippen LogP contribution is -2.58. The number of rotatable bonds is 6. The summed E-state index contributed by atoms with van der Waals surface area (Å²) in [4.78, 5) is 11.6. The molecule has 0 amide bonds. The van der Waals surface area contributed by atoms with Crippen LogP contribution in [0.3, 0.4) is 0 Å². The zero-order valence-corrected chi connectivity index (χ0v) is 13.3. The van der Waals surface area contributed by atoms with Crippen molar-refractivity contribution < 1.29 is 14.3 Å². The van der Waals surface area contributed by atoms with E-state index in [-0.39, 0.29) is 11.4 Å². The fraction of sp³-hybridized carbons (Fsp3) is 0.588. The standard InChI is InChI=1S/C17H25NO3/c1-5-20-15-11-14(17(15,3)4)18-13-9-7-12(8-10-13)16(19)21-6-2/h7-10,14-15,18H,5-6,11H2,1-4H3. The molecular formula is C17H25NO3. The average molecular weight is 291 g/mol. The molecule has 0 heterocycles. The predicted octanol–water partition coefficient (Wildman–Crippen LogP) is 3.48. The van der Waals surface area contributed by atoms with Gasteiger partial charge < -0.3 is 14.8 Å². The first-order valence-corrected chi connectivity index (χ1v) is 7.64. The first-order valence-electron chi connectivity index (χ1n) is 7.64. The normalized spacial score (nSPS) is 23.2. The summed E-state index contributed by atoms with van der Waals surface area (Å²) in [5, 5.41) is 3.52. The maximum Gasteiger partial charge on any atom is 0.338 e. The Morgan fingerprint density at radius 2 is 1.90 bits per heavy atom. The zero-order valence-electron chi connectivity index (χ0n) is 13.3. The molecule has 4 heteroatoms. The van der Waals surface area contributed by atoms with E-state index in [0.29, 0.717) is 24.3 Å². The van der Waals surface area contributed by atoms with Crippen molar-refractivity contribution >= 4 is 11.7 Å². The predicted molar refractivity (Wildman–Crippen MR) is 83.6 cm³/mol. The highest BCUT2D eigenvalue weighted by molar-refractivity contribution is 5.89. The summed E-state index contributed by atoms with van der Waals surface area (Å²) in [6.45, 7) is 9.44. The fourth-order valence-electron chi connectivity index (χ4n) is 2.73. The maximum atomic E-state index is 11.6. The van der Waals surface area contributed by atoms with E-state index in [1.54, 1.807) is 19.1 Å². The third-order valence-corrected chi connectivity index (χ3v) is 4.28. The van der Waals surface area contributed by atoms with Gasteiger partial charge in [-0.05, 0) is 44.5 Å². The van der Waals surface area contributed by atoms with Crippen LogP contribution in [0.5, 0.6) is 0 Å². The van der Waals surface area contributed by atoms with Crippen molar-refractivity contribution in [3.63, 3.8) is 0 Å². The highest BCUT2D eigenvalue weighted by atomic mass is 16.5. The van der Waals surface area contributed by atoms with E-state index in [4.69, 9.17) is 9.47 Å². The number of esters is 1. The summed E-state index contributed by atoms with van der Waals surface area (Å²) in [6, 6.07) is 7.84. The second-order valence-corrected chi connectivity index (χ2v) is 6.00. The minimum Gasteiger partial charge on any atom is -0.462 e. The molecule has 21 heavy (non-hydrogen) atoms. The topological polar surface area (TPSA) is 47.6 Å². The van der Waals surface area contributed by atoms with Crippen molar-refractivity contribution in [2.45, 2.75) is 46.3 Å². The van der Waals surface area contributed by atoms with Gasteiger partial charge in [0.2, 0.25) is 0 Å². The van der Waals surface area contributed by atoms with Crippen LogP contribution in [0.1, 0.15) is 44.5 Å². The molecule has 2 unspecified atom stereocenters. The number of hydrogen-bond acceptors (Lipinski definition) is 4.